The van der Waals surface area contributed by atoms with E-state index < -0.39 is 18.0 Å². The first-order valence-corrected chi connectivity index (χ1v) is 12.8. The summed E-state index contributed by atoms with van der Waals surface area (Å²) in [5.41, 5.74) is 7.74. The molecule has 0 bridgehead atoms. The van der Waals surface area contributed by atoms with Crippen molar-refractivity contribution in [2.75, 3.05) is 23.0 Å². The van der Waals surface area contributed by atoms with Crippen LogP contribution in [0.2, 0.25) is 0 Å². The van der Waals surface area contributed by atoms with Gasteiger partial charge in [0.2, 0.25) is 5.91 Å². The zero-order valence-electron chi connectivity index (χ0n) is 21.1. The second kappa shape index (κ2) is 8.32. The molecule has 2 atom stereocenters. The molecule has 11 heteroatoms. The highest BCUT2D eigenvalue weighted by Gasteiger charge is 2.53. The fraction of sp³-hybridized carbons (Fsp3) is 0.500. The van der Waals surface area contributed by atoms with E-state index in [1.165, 1.54) is 4.90 Å². The first kappa shape index (κ1) is 23.5. The first-order chi connectivity index (χ1) is 17.7. The summed E-state index contributed by atoms with van der Waals surface area (Å²) < 4.78 is 8.07. The van der Waals surface area contributed by atoms with Crippen molar-refractivity contribution in [2.24, 2.45) is 11.7 Å². The predicted octanol–water partition coefficient (Wildman–Crippen LogP) is 1.84. The minimum atomic E-state index is -0.687. The van der Waals surface area contributed by atoms with Crippen LogP contribution in [0.1, 0.15) is 38.8 Å². The molecule has 11 nitrogen and oxygen atoms in total. The van der Waals surface area contributed by atoms with E-state index in [0.29, 0.717) is 36.2 Å². The summed E-state index contributed by atoms with van der Waals surface area (Å²) in [5.74, 6) is 0.902. The van der Waals surface area contributed by atoms with Gasteiger partial charge in [-0.15, -0.1) is 0 Å². The lowest BCUT2D eigenvalue weighted by Gasteiger charge is -2.24. The number of nitrogens with two attached hydrogens (primary N) is 1. The number of hydrogen-bond donors (Lipinski definition) is 1. The first-order valence-electron chi connectivity index (χ1n) is 12.8. The Morgan fingerprint density at radius 1 is 1.16 bits per heavy atom. The second-order valence-corrected chi connectivity index (χ2v) is 10.6. The number of ether oxygens (including phenoxy) is 1. The van der Waals surface area contributed by atoms with Crippen molar-refractivity contribution in [3.05, 3.63) is 23.9 Å². The van der Waals surface area contributed by atoms with Crippen LogP contribution in [0.15, 0.2) is 18.2 Å². The van der Waals surface area contributed by atoms with E-state index in [9.17, 15) is 19.2 Å². The third-order valence-corrected chi connectivity index (χ3v) is 7.73. The monoisotopic (exact) mass is 506 g/mol. The molecule has 4 amide bonds. The fourth-order valence-corrected chi connectivity index (χ4v) is 5.74. The average molecular weight is 507 g/mol. The molecule has 4 aliphatic rings. The molecule has 2 N–H and O–H groups in total. The number of rotatable bonds is 5. The highest BCUT2D eigenvalue weighted by Crippen LogP contribution is 2.42. The van der Waals surface area contributed by atoms with Gasteiger partial charge in [-0.1, -0.05) is 13.8 Å². The van der Waals surface area contributed by atoms with Gasteiger partial charge in [0.1, 0.15) is 30.3 Å². The molecule has 1 aromatic heterocycles. The van der Waals surface area contributed by atoms with Crippen molar-refractivity contribution >= 4 is 35.1 Å². The lowest BCUT2D eigenvalue weighted by atomic mass is 10.0. The number of anilines is 2. The molecule has 1 saturated carbocycles. The average Bonchev–Trinajstić information content (AvgIpc) is 3.49. The van der Waals surface area contributed by atoms with Gasteiger partial charge in [0.25, 0.3) is 5.91 Å². The predicted molar refractivity (Wildman–Crippen MR) is 134 cm³/mol. The summed E-state index contributed by atoms with van der Waals surface area (Å²) in [5, 5.41) is 0. The number of fused-ring (bicyclic) bond motifs is 3. The lowest BCUT2D eigenvalue weighted by Crippen LogP contribution is -2.40. The van der Waals surface area contributed by atoms with Gasteiger partial charge < -0.3 is 19.9 Å². The van der Waals surface area contributed by atoms with Gasteiger partial charge in [-0.3, -0.25) is 24.2 Å². The Balaban J connectivity index is 1.40. The Kier molecular flexibility index (Phi) is 5.29. The third-order valence-electron chi connectivity index (χ3n) is 7.73. The van der Waals surface area contributed by atoms with Gasteiger partial charge in [-0.05, 0) is 37.8 Å². The van der Waals surface area contributed by atoms with Crippen LogP contribution in [-0.4, -0.2) is 69.4 Å². The molecular weight excluding hydrogens is 476 g/mol. The number of Topliss-reactive ketones (excluding diaryl/α,β-unsaturated/α-hetero) is 1. The van der Waals surface area contributed by atoms with E-state index in [0.717, 1.165) is 24.1 Å². The summed E-state index contributed by atoms with van der Waals surface area (Å²) in [6.45, 7) is 6.80. The number of amides is 4. The minimum absolute atomic E-state index is 0.0127. The zero-order chi connectivity index (χ0) is 26.2. The zero-order valence-corrected chi connectivity index (χ0v) is 21.1. The summed E-state index contributed by atoms with van der Waals surface area (Å²) >= 11 is 0. The maximum absolute atomic E-state index is 13.5. The molecule has 2 saturated heterocycles. The van der Waals surface area contributed by atoms with Crippen LogP contribution in [-0.2, 0) is 20.9 Å². The maximum atomic E-state index is 13.5. The topological polar surface area (TPSA) is 131 Å². The second-order valence-electron chi connectivity index (χ2n) is 10.6. The number of carbonyl (C=O) groups excluding carboxylic acids is 4. The van der Waals surface area contributed by atoms with Crippen molar-refractivity contribution in [3.63, 3.8) is 0 Å². The molecule has 1 unspecified atom stereocenters. The van der Waals surface area contributed by atoms with Crippen LogP contribution < -0.4 is 20.3 Å². The number of urea groups is 1. The van der Waals surface area contributed by atoms with Gasteiger partial charge in [0.05, 0.1) is 24.3 Å². The van der Waals surface area contributed by atoms with Crippen LogP contribution in [0.3, 0.4) is 0 Å². The number of imidazole rings is 1. The van der Waals surface area contributed by atoms with Gasteiger partial charge in [-0.25, -0.2) is 9.78 Å². The molecule has 3 fully saturated rings. The van der Waals surface area contributed by atoms with Crippen molar-refractivity contribution in [1.29, 1.82) is 0 Å². The third kappa shape index (κ3) is 3.59. The summed E-state index contributed by atoms with van der Waals surface area (Å²) in [7, 11) is 0. The number of imide groups is 1. The highest BCUT2D eigenvalue weighted by molar-refractivity contribution is 6.14. The smallest absolute Gasteiger partial charge is 0.333 e. The Morgan fingerprint density at radius 2 is 1.92 bits per heavy atom. The fourth-order valence-electron chi connectivity index (χ4n) is 5.74. The highest BCUT2D eigenvalue weighted by atomic mass is 16.5. The summed E-state index contributed by atoms with van der Waals surface area (Å²) in [6.07, 6.45) is 1.79. The van der Waals surface area contributed by atoms with Crippen LogP contribution in [0, 0.1) is 12.8 Å². The lowest BCUT2D eigenvalue weighted by molar-refractivity contribution is -0.128. The van der Waals surface area contributed by atoms with E-state index in [4.69, 9.17) is 15.5 Å². The van der Waals surface area contributed by atoms with Crippen molar-refractivity contribution < 1.29 is 23.9 Å². The maximum Gasteiger partial charge on any atom is 0.333 e. The normalized spacial score (nSPS) is 23.5. The summed E-state index contributed by atoms with van der Waals surface area (Å²) in [4.78, 5) is 60.3. The number of benzene rings is 1. The van der Waals surface area contributed by atoms with E-state index in [1.807, 2.05) is 37.5 Å². The van der Waals surface area contributed by atoms with Crippen LogP contribution in [0.4, 0.5) is 16.3 Å². The molecule has 2 aromatic rings. The molecule has 0 radical (unpaired) electrons. The Labute approximate surface area is 214 Å². The van der Waals surface area contributed by atoms with Crippen LogP contribution >= 0.6 is 0 Å². The minimum Gasteiger partial charge on any atom is -0.491 e. The molecule has 1 aliphatic carbocycles. The Morgan fingerprint density at radius 3 is 2.59 bits per heavy atom. The van der Waals surface area contributed by atoms with Crippen molar-refractivity contribution in [3.8, 4) is 17.1 Å². The van der Waals surface area contributed by atoms with Crippen LogP contribution in [0.25, 0.3) is 11.4 Å². The molecule has 3 aliphatic heterocycles. The number of ketones is 1. The molecule has 194 valence electrons. The largest absolute Gasteiger partial charge is 0.491 e. The van der Waals surface area contributed by atoms with Gasteiger partial charge in [0, 0.05) is 24.2 Å². The van der Waals surface area contributed by atoms with Gasteiger partial charge in [-0.2, -0.15) is 0 Å². The standard InChI is InChI=1S/C26H30N6O5/c1-13(2)21-25(35)31(15-4-5-15)26(36)32(21)23-14(3)29-8-9-37-20-10-16(6-7-18(20)24(29)28-23)30-12-17(33)11-19(30)22(27)34/h6-7,10,13,15,19,21H,4-5,8-9,11-12H2,1-3H3,(H2,27,34)/t19-,21?/m0/s1. The quantitative estimate of drug-likeness (QED) is 0.612. The number of hydrogen-bond acceptors (Lipinski definition) is 7. The van der Waals surface area contributed by atoms with Crippen molar-refractivity contribution in [1.82, 2.24) is 14.5 Å². The Bertz CT molecular complexity index is 1350. The number of carbonyl (C=O) groups is 4. The molecular formula is C26H30N6O5. The van der Waals surface area contributed by atoms with Crippen molar-refractivity contribution in [2.45, 2.75) is 64.7 Å². The molecule has 4 heterocycles. The molecule has 6 rings (SSSR count). The van der Waals surface area contributed by atoms with E-state index in [2.05, 4.69) is 0 Å². The molecule has 0 spiro atoms. The van der Waals surface area contributed by atoms with Gasteiger partial charge in [0.15, 0.2) is 11.6 Å². The Hall–Kier alpha value is -3.89. The molecule has 37 heavy (non-hydrogen) atoms. The van der Waals surface area contributed by atoms with E-state index in [1.54, 1.807) is 15.9 Å². The van der Waals surface area contributed by atoms with Crippen LogP contribution in [0.5, 0.6) is 5.75 Å². The van der Waals surface area contributed by atoms with Gasteiger partial charge >= 0.3 is 6.03 Å². The van der Waals surface area contributed by atoms with E-state index in [-0.39, 0.29) is 42.6 Å². The SMILES string of the molecule is Cc1c(N2C(=O)N(C3CC3)C(=O)C2C(C)C)nc2n1CCOc1cc(N3CC(=O)C[C@H]3C(N)=O)ccc1-2. The number of primary amides is 1. The summed E-state index contributed by atoms with van der Waals surface area (Å²) in [6, 6.07) is 3.89. The number of nitrogens with zero attached hydrogens (tertiary/aromatic N) is 5. The molecule has 1 aromatic carbocycles. The number of aromatic nitrogens is 2. The van der Waals surface area contributed by atoms with E-state index >= 15 is 0 Å².